The van der Waals surface area contributed by atoms with Gasteiger partial charge in [-0.3, -0.25) is 4.21 Å². The Labute approximate surface area is 159 Å². The van der Waals surface area contributed by atoms with E-state index in [1.54, 1.807) is 24.3 Å². The van der Waals surface area contributed by atoms with Crippen molar-refractivity contribution in [1.82, 2.24) is 9.78 Å². The van der Waals surface area contributed by atoms with Crippen molar-refractivity contribution in [1.29, 1.82) is 0 Å². The van der Waals surface area contributed by atoms with Gasteiger partial charge in [0.2, 0.25) is 0 Å². The van der Waals surface area contributed by atoms with Crippen LogP contribution in [-0.4, -0.2) is 18.5 Å². The maximum Gasteiger partial charge on any atom is 0.282 e. The van der Waals surface area contributed by atoms with E-state index in [1.807, 2.05) is 24.3 Å². The summed E-state index contributed by atoms with van der Waals surface area (Å²) in [6, 6.07) is 15.8. The molecule has 0 fully saturated rings. The van der Waals surface area contributed by atoms with Crippen molar-refractivity contribution in [2.75, 3.05) is 0 Å². The number of aromatic nitrogens is 2. The largest absolute Gasteiger partial charge is 0.772 e. The van der Waals surface area contributed by atoms with Gasteiger partial charge in [0.05, 0.1) is 11.4 Å². The van der Waals surface area contributed by atoms with Crippen LogP contribution in [0.1, 0.15) is 43.0 Å². The first-order chi connectivity index (χ1) is 12.8. The predicted molar refractivity (Wildman–Crippen MR) is 101 cm³/mol. The third-order valence-corrected chi connectivity index (χ3v) is 4.86. The van der Waals surface area contributed by atoms with Crippen molar-refractivity contribution < 1.29 is 17.5 Å². The lowest BCUT2D eigenvalue weighted by Crippen LogP contribution is -2.01. The summed E-state index contributed by atoms with van der Waals surface area (Å²) in [7, 11) is 0. The lowest BCUT2D eigenvalue weighted by Gasteiger charge is -2.11. The van der Waals surface area contributed by atoms with Crippen LogP contribution in [0.5, 0.6) is 0 Å². The molecule has 0 saturated carbocycles. The van der Waals surface area contributed by atoms with Crippen LogP contribution in [0.2, 0.25) is 0 Å². The molecule has 1 atom stereocenters. The average Bonchev–Trinajstić information content (AvgIpc) is 3.07. The summed E-state index contributed by atoms with van der Waals surface area (Å²) < 4.78 is 49.6. The van der Waals surface area contributed by atoms with Crippen LogP contribution in [-0.2, 0) is 16.8 Å². The Balaban J connectivity index is 2.03. The Morgan fingerprint density at radius 3 is 2.22 bits per heavy atom. The molecule has 0 saturated heterocycles. The van der Waals surface area contributed by atoms with E-state index in [-0.39, 0.29) is 11.4 Å². The van der Waals surface area contributed by atoms with Crippen LogP contribution < -0.4 is 0 Å². The lowest BCUT2D eigenvalue weighted by atomic mass is 10.0. The molecule has 0 radical (unpaired) electrons. The molecule has 3 rings (SSSR count). The summed E-state index contributed by atoms with van der Waals surface area (Å²) in [6.45, 7) is 4.17. The quantitative estimate of drug-likeness (QED) is 0.559. The fourth-order valence-electron chi connectivity index (χ4n) is 2.82. The van der Waals surface area contributed by atoms with E-state index in [2.05, 4.69) is 18.9 Å². The topological polar surface area (TPSA) is 58.0 Å². The van der Waals surface area contributed by atoms with Gasteiger partial charge in [-0.2, -0.15) is 5.10 Å². The monoisotopic (exact) mass is 389 g/mol. The average molecular weight is 389 g/mol. The van der Waals surface area contributed by atoms with Crippen LogP contribution in [0.25, 0.3) is 16.9 Å². The second-order valence-corrected chi connectivity index (χ2v) is 7.45. The van der Waals surface area contributed by atoms with Gasteiger partial charge >= 0.3 is 0 Å². The molecule has 0 aliphatic heterocycles. The molecule has 1 unspecified atom stereocenters. The minimum Gasteiger partial charge on any atom is -0.772 e. The molecule has 1 aromatic heterocycles. The third kappa shape index (κ3) is 4.48. The van der Waals surface area contributed by atoms with Crippen molar-refractivity contribution in [3.05, 3.63) is 71.4 Å². The molecular formula is C20H19F2N2O2S-. The summed E-state index contributed by atoms with van der Waals surface area (Å²) in [5.41, 5.74) is 3.37. The Hall–Kier alpha value is -2.38. The predicted octanol–water partition coefficient (Wildman–Crippen LogP) is 4.98. The molecule has 4 nitrogen and oxygen atoms in total. The van der Waals surface area contributed by atoms with Crippen LogP contribution in [0.3, 0.4) is 0 Å². The van der Waals surface area contributed by atoms with E-state index in [0.29, 0.717) is 28.4 Å². The zero-order valence-corrected chi connectivity index (χ0v) is 15.7. The highest BCUT2D eigenvalue weighted by atomic mass is 32.2. The molecule has 142 valence electrons. The molecule has 0 N–H and O–H groups in total. The molecule has 0 amide bonds. The van der Waals surface area contributed by atoms with Crippen LogP contribution in [0.15, 0.2) is 54.6 Å². The van der Waals surface area contributed by atoms with E-state index < -0.39 is 17.5 Å². The summed E-state index contributed by atoms with van der Waals surface area (Å²) in [5.74, 6) is 0.283. The molecule has 1 heterocycles. The highest BCUT2D eigenvalue weighted by Gasteiger charge is 2.18. The third-order valence-electron chi connectivity index (χ3n) is 4.29. The second-order valence-electron chi connectivity index (χ2n) is 6.56. The Kier molecular flexibility index (Phi) is 5.82. The van der Waals surface area contributed by atoms with E-state index in [4.69, 9.17) is 0 Å². The number of hydrogen-bond acceptors (Lipinski definition) is 3. The smallest absolute Gasteiger partial charge is 0.282 e. The molecule has 27 heavy (non-hydrogen) atoms. The van der Waals surface area contributed by atoms with Crippen LogP contribution in [0.4, 0.5) is 8.78 Å². The number of alkyl halides is 2. The zero-order valence-electron chi connectivity index (χ0n) is 14.9. The van der Waals surface area contributed by atoms with Crippen molar-refractivity contribution >= 4 is 11.1 Å². The van der Waals surface area contributed by atoms with E-state index in [0.717, 1.165) is 5.56 Å². The SMILES string of the molecule is CC(C)c1ccc(-n2nc(C(F)F)cc2-c2ccc(CS(=O)[O-])cc2)cc1. The first-order valence-corrected chi connectivity index (χ1v) is 9.73. The minimum atomic E-state index is -2.68. The fourth-order valence-corrected chi connectivity index (χ4v) is 3.28. The Morgan fingerprint density at radius 2 is 1.70 bits per heavy atom. The van der Waals surface area contributed by atoms with Gasteiger partial charge in [0.25, 0.3) is 6.43 Å². The van der Waals surface area contributed by atoms with Crippen molar-refractivity contribution in [2.24, 2.45) is 0 Å². The van der Waals surface area contributed by atoms with Gasteiger partial charge in [-0.25, -0.2) is 13.5 Å². The molecule has 0 aliphatic rings. The molecule has 0 aliphatic carbocycles. The maximum atomic E-state index is 13.2. The lowest BCUT2D eigenvalue weighted by molar-refractivity contribution is 0.145. The first kappa shape index (κ1) is 19.4. The van der Waals surface area contributed by atoms with E-state index >= 15 is 0 Å². The molecule has 0 spiro atoms. The first-order valence-electron chi connectivity index (χ1n) is 8.48. The fraction of sp³-hybridized carbons (Fsp3) is 0.250. The highest BCUT2D eigenvalue weighted by Crippen LogP contribution is 2.29. The normalized spacial score (nSPS) is 12.7. The number of rotatable bonds is 6. The van der Waals surface area contributed by atoms with Crippen LogP contribution in [0, 0.1) is 0 Å². The number of hydrogen-bond donors (Lipinski definition) is 0. The Morgan fingerprint density at radius 1 is 1.07 bits per heavy atom. The number of halogens is 2. The minimum absolute atomic E-state index is 0.0848. The summed E-state index contributed by atoms with van der Waals surface area (Å²) >= 11 is -2.18. The summed E-state index contributed by atoms with van der Waals surface area (Å²) in [4.78, 5) is 0. The van der Waals surface area contributed by atoms with Gasteiger partial charge in [-0.15, -0.1) is 0 Å². The zero-order chi connectivity index (χ0) is 19.6. The summed E-state index contributed by atoms with van der Waals surface area (Å²) in [5, 5.41) is 4.07. The van der Waals surface area contributed by atoms with E-state index in [9.17, 15) is 17.5 Å². The Bertz CT molecular complexity index is 936. The molecule has 2 aromatic carbocycles. The van der Waals surface area contributed by atoms with Gasteiger partial charge in [0.15, 0.2) is 0 Å². The number of benzene rings is 2. The molecule has 0 bridgehead atoms. The number of nitrogens with zero attached hydrogens (tertiary/aromatic N) is 2. The molecule has 3 aromatic rings. The van der Waals surface area contributed by atoms with Crippen LogP contribution >= 0.6 is 0 Å². The van der Waals surface area contributed by atoms with Gasteiger partial charge < -0.3 is 4.55 Å². The second kappa shape index (κ2) is 8.10. The highest BCUT2D eigenvalue weighted by molar-refractivity contribution is 7.78. The van der Waals surface area contributed by atoms with Crippen molar-refractivity contribution in [3.63, 3.8) is 0 Å². The van der Waals surface area contributed by atoms with Crippen molar-refractivity contribution in [2.45, 2.75) is 31.9 Å². The van der Waals surface area contributed by atoms with Gasteiger partial charge in [0.1, 0.15) is 5.69 Å². The standard InChI is InChI=1S/C20H20F2N2O2S/c1-13(2)15-7-9-17(10-8-15)24-19(11-18(23-24)20(21)22)16-5-3-14(4-6-16)12-27(25)26/h3-11,13,20H,12H2,1-2H3,(H,25,26)/p-1. The van der Waals surface area contributed by atoms with E-state index in [1.165, 1.54) is 10.7 Å². The molecule has 7 heteroatoms. The summed E-state index contributed by atoms with van der Waals surface area (Å²) in [6.07, 6.45) is -2.68. The molecular weight excluding hydrogens is 370 g/mol. The van der Waals surface area contributed by atoms with Crippen molar-refractivity contribution in [3.8, 4) is 16.9 Å². The maximum absolute atomic E-state index is 13.2. The van der Waals surface area contributed by atoms with Gasteiger partial charge in [-0.1, -0.05) is 61.3 Å². The van der Waals surface area contributed by atoms with Gasteiger partial charge in [0, 0.05) is 11.3 Å². The van der Waals surface area contributed by atoms with Gasteiger partial charge in [-0.05, 0) is 35.2 Å².